The van der Waals surface area contributed by atoms with E-state index in [0.717, 1.165) is 17.5 Å². The first-order valence-electron chi connectivity index (χ1n) is 11.0. The summed E-state index contributed by atoms with van der Waals surface area (Å²) in [5.74, 6) is -1.68. The molecule has 1 N–H and O–H groups in total. The molecule has 2 aromatic carbocycles. The van der Waals surface area contributed by atoms with Crippen LogP contribution in [0.15, 0.2) is 54.6 Å². The second kappa shape index (κ2) is 7.99. The van der Waals surface area contributed by atoms with Crippen LogP contribution in [0.4, 0.5) is 11.4 Å². The van der Waals surface area contributed by atoms with Gasteiger partial charge >= 0.3 is 5.97 Å². The highest BCUT2D eigenvalue weighted by atomic mass is 16.5. The van der Waals surface area contributed by atoms with Gasteiger partial charge in [0.05, 0.1) is 23.1 Å². The Balaban J connectivity index is 1.20. The third-order valence-corrected chi connectivity index (χ3v) is 6.82. The van der Waals surface area contributed by atoms with E-state index >= 15 is 0 Å². The molecule has 7 heteroatoms. The lowest BCUT2D eigenvalue weighted by Crippen LogP contribution is -2.32. The number of ether oxygens (including phenoxy) is 1. The summed E-state index contributed by atoms with van der Waals surface area (Å²) in [5, 5.41) is 2.73. The van der Waals surface area contributed by atoms with E-state index in [2.05, 4.69) is 17.5 Å². The number of fused-ring (bicyclic) bond motifs is 5. The number of hydrogen-bond donors (Lipinski definition) is 1. The zero-order chi connectivity index (χ0) is 23.3. The third-order valence-electron chi connectivity index (χ3n) is 6.82. The van der Waals surface area contributed by atoms with Crippen LogP contribution >= 0.6 is 0 Å². The van der Waals surface area contributed by atoms with E-state index in [0.29, 0.717) is 11.4 Å². The molecule has 1 saturated heterocycles. The number of carbonyl (C=O) groups is 4. The normalized spacial score (nSPS) is 24.8. The number of aryl methyl sites for hydroxylation is 2. The number of imide groups is 1. The van der Waals surface area contributed by atoms with Crippen LogP contribution in [-0.4, -0.2) is 30.3 Å². The summed E-state index contributed by atoms with van der Waals surface area (Å²) in [5.41, 5.74) is 3.36. The Labute approximate surface area is 191 Å². The molecule has 2 aromatic rings. The Hall–Kier alpha value is -3.74. The highest BCUT2D eigenvalue weighted by molar-refractivity contribution is 6.22. The second-order valence-corrected chi connectivity index (χ2v) is 9.00. The fourth-order valence-electron chi connectivity index (χ4n) is 5.26. The summed E-state index contributed by atoms with van der Waals surface area (Å²) in [7, 11) is 0. The van der Waals surface area contributed by atoms with Crippen LogP contribution in [0.2, 0.25) is 0 Å². The summed E-state index contributed by atoms with van der Waals surface area (Å²) in [4.78, 5) is 51.6. The lowest BCUT2D eigenvalue weighted by Gasteiger charge is -2.17. The van der Waals surface area contributed by atoms with Crippen molar-refractivity contribution in [3.63, 3.8) is 0 Å². The van der Waals surface area contributed by atoms with Gasteiger partial charge in [-0.3, -0.25) is 19.3 Å². The molecule has 7 nitrogen and oxygen atoms in total. The zero-order valence-corrected chi connectivity index (χ0v) is 18.4. The van der Waals surface area contributed by atoms with Crippen LogP contribution < -0.4 is 10.2 Å². The molecule has 3 aliphatic rings. The Morgan fingerprint density at radius 3 is 2.21 bits per heavy atom. The van der Waals surface area contributed by atoms with E-state index in [9.17, 15) is 19.2 Å². The maximum atomic E-state index is 12.9. The van der Waals surface area contributed by atoms with E-state index in [1.807, 2.05) is 26.0 Å². The van der Waals surface area contributed by atoms with Gasteiger partial charge in [-0.05, 0) is 68.0 Å². The minimum Gasteiger partial charge on any atom is -0.452 e. The fraction of sp³-hybridized carbons (Fsp3) is 0.308. The highest BCUT2D eigenvalue weighted by Crippen LogP contribution is 2.53. The van der Waals surface area contributed by atoms with Crippen LogP contribution in [0.25, 0.3) is 0 Å². The third kappa shape index (κ3) is 3.63. The number of hydrogen-bond acceptors (Lipinski definition) is 5. The monoisotopic (exact) mass is 444 g/mol. The SMILES string of the molecule is Cc1ccc(NC(=O)COC(=O)c2ccc(N3C(=O)[C@H]4[C@H](C3=O)[C@H]3C=C[C@H]4C3)cc2)c(C)c1. The number of amides is 3. The standard InChI is InChI=1S/C26H24N2O5/c1-14-3-10-20(15(2)11-14)27-21(29)13-33-26(32)16-6-8-19(9-7-16)28-24(30)22-17-4-5-18(12-17)23(22)25(28)31/h3-11,17-18,22-23H,12-13H2,1-2H3,(H,27,29)/t17-,18-,22+,23+/m0/s1. The Kier molecular flexibility index (Phi) is 5.12. The zero-order valence-electron chi connectivity index (χ0n) is 18.4. The van der Waals surface area contributed by atoms with Crippen molar-refractivity contribution in [3.8, 4) is 0 Å². The molecule has 0 radical (unpaired) electrons. The molecule has 2 fully saturated rings. The smallest absolute Gasteiger partial charge is 0.338 e. The Morgan fingerprint density at radius 1 is 0.970 bits per heavy atom. The molecule has 1 saturated carbocycles. The van der Waals surface area contributed by atoms with Crippen LogP contribution in [0.5, 0.6) is 0 Å². The van der Waals surface area contributed by atoms with Crippen LogP contribution in [0, 0.1) is 37.5 Å². The number of esters is 1. The van der Waals surface area contributed by atoms with E-state index in [1.165, 1.54) is 17.0 Å². The van der Waals surface area contributed by atoms with Crippen molar-refractivity contribution in [3.05, 3.63) is 71.3 Å². The number of rotatable bonds is 5. The largest absolute Gasteiger partial charge is 0.452 e. The van der Waals surface area contributed by atoms with Gasteiger partial charge in [0, 0.05) is 5.69 Å². The molecule has 3 amide bonds. The van der Waals surface area contributed by atoms with Gasteiger partial charge in [-0.1, -0.05) is 29.8 Å². The molecule has 0 unspecified atom stereocenters. The highest BCUT2D eigenvalue weighted by Gasteiger charge is 2.59. The van der Waals surface area contributed by atoms with Crippen LogP contribution in [0.1, 0.15) is 27.9 Å². The number of nitrogens with zero attached hydrogens (tertiary/aromatic N) is 1. The minimum atomic E-state index is -0.657. The predicted molar refractivity (Wildman–Crippen MR) is 121 cm³/mol. The first-order chi connectivity index (χ1) is 15.8. The van der Waals surface area contributed by atoms with Gasteiger partial charge in [-0.25, -0.2) is 4.79 Å². The first kappa shape index (κ1) is 21.1. The van der Waals surface area contributed by atoms with Gasteiger partial charge in [0.15, 0.2) is 6.61 Å². The second-order valence-electron chi connectivity index (χ2n) is 9.00. The number of carbonyl (C=O) groups excluding carboxylic acids is 4. The molecule has 1 heterocycles. The summed E-state index contributed by atoms with van der Waals surface area (Å²) in [6.07, 6.45) is 4.98. The molecule has 33 heavy (non-hydrogen) atoms. The lowest BCUT2D eigenvalue weighted by atomic mass is 9.85. The van der Waals surface area contributed by atoms with Gasteiger partial charge in [0.2, 0.25) is 11.8 Å². The Bertz CT molecular complexity index is 1170. The van der Waals surface area contributed by atoms with E-state index in [4.69, 9.17) is 4.74 Å². The van der Waals surface area contributed by atoms with Crippen molar-refractivity contribution < 1.29 is 23.9 Å². The molecular weight excluding hydrogens is 420 g/mol. The number of nitrogens with one attached hydrogen (secondary N) is 1. The van der Waals surface area contributed by atoms with E-state index in [1.54, 1.807) is 18.2 Å². The van der Waals surface area contributed by atoms with Crippen LogP contribution in [-0.2, 0) is 19.1 Å². The van der Waals surface area contributed by atoms with Gasteiger partial charge in [0.1, 0.15) is 0 Å². The number of allylic oxidation sites excluding steroid dienone is 2. The summed E-state index contributed by atoms with van der Waals surface area (Å²) in [6.45, 7) is 3.44. The fourth-order valence-corrected chi connectivity index (χ4v) is 5.26. The average molecular weight is 444 g/mol. The van der Waals surface area contributed by atoms with E-state index < -0.39 is 18.5 Å². The van der Waals surface area contributed by atoms with Gasteiger partial charge in [-0.15, -0.1) is 0 Å². The van der Waals surface area contributed by atoms with Gasteiger partial charge < -0.3 is 10.1 Å². The molecule has 4 atom stereocenters. The number of anilines is 2. The van der Waals surface area contributed by atoms with Gasteiger partial charge in [0.25, 0.3) is 5.91 Å². The molecule has 0 aromatic heterocycles. The summed E-state index contributed by atoms with van der Waals surface area (Å²) >= 11 is 0. The summed E-state index contributed by atoms with van der Waals surface area (Å²) < 4.78 is 5.12. The van der Waals surface area contributed by atoms with Crippen molar-refractivity contribution in [2.45, 2.75) is 20.3 Å². The minimum absolute atomic E-state index is 0.144. The molecule has 2 aliphatic carbocycles. The maximum Gasteiger partial charge on any atom is 0.338 e. The van der Waals surface area contributed by atoms with Crippen molar-refractivity contribution in [1.82, 2.24) is 0 Å². The molecule has 5 rings (SSSR count). The van der Waals surface area contributed by atoms with Crippen molar-refractivity contribution >= 4 is 35.1 Å². The molecular formula is C26H24N2O5. The number of benzene rings is 2. The van der Waals surface area contributed by atoms with Crippen molar-refractivity contribution in [1.29, 1.82) is 0 Å². The van der Waals surface area contributed by atoms with Crippen LogP contribution in [0.3, 0.4) is 0 Å². The predicted octanol–water partition coefficient (Wildman–Crippen LogP) is 3.41. The lowest BCUT2D eigenvalue weighted by molar-refractivity contribution is -0.123. The topological polar surface area (TPSA) is 92.8 Å². The Morgan fingerprint density at radius 2 is 1.61 bits per heavy atom. The molecule has 1 aliphatic heterocycles. The summed E-state index contributed by atoms with van der Waals surface area (Å²) in [6, 6.07) is 11.8. The van der Waals surface area contributed by atoms with Gasteiger partial charge in [-0.2, -0.15) is 0 Å². The molecule has 168 valence electrons. The van der Waals surface area contributed by atoms with Crippen molar-refractivity contribution in [2.24, 2.45) is 23.7 Å². The maximum absolute atomic E-state index is 12.9. The molecule has 0 spiro atoms. The van der Waals surface area contributed by atoms with E-state index in [-0.39, 0.29) is 41.0 Å². The molecule has 2 bridgehead atoms. The first-order valence-corrected chi connectivity index (χ1v) is 11.0. The van der Waals surface area contributed by atoms with Crippen molar-refractivity contribution in [2.75, 3.05) is 16.8 Å². The average Bonchev–Trinajstić information content (AvgIpc) is 3.48. The quantitative estimate of drug-likeness (QED) is 0.433.